The summed E-state index contributed by atoms with van der Waals surface area (Å²) < 4.78 is 0. The summed E-state index contributed by atoms with van der Waals surface area (Å²) in [5.74, 6) is -2.45. The average molecular weight is 505 g/mol. The van der Waals surface area contributed by atoms with Crippen LogP contribution in [0.1, 0.15) is 40.8 Å². The normalized spacial score (nSPS) is 11.3. The van der Waals surface area contributed by atoms with Crippen LogP contribution in [0, 0.1) is 6.92 Å². The molecule has 2 aromatic heterocycles. The summed E-state index contributed by atoms with van der Waals surface area (Å²) in [5, 5.41) is 29.1. The van der Waals surface area contributed by atoms with E-state index in [2.05, 4.69) is 15.3 Å². The lowest BCUT2D eigenvalue weighted by Gasteiger charge is -2.17. The Balaban J connectivity index is 0.00000137. The molecule has 188 valence electrons. The van der Waals surface area contributed by atoms with E-state index >= 15 is 0 Å². The van der Waals surface area contributed by atoms with Crippen LogP contribution in [-0.2, 0) is 16.1 Å². The standard InChI is InChI=1S/C21H22N4O6S.C2H6O/c1-11-22-14-4-3-12(9-13(14)19(28)23-11)10-25(2)17-7-6-16(32-17)20(29)24-15(21(30)31)5-8-18(26)27;1-2-3/h3-4,6-7,9,15H,5,8,10H2,1-2H3,(H,24,29)(H,26,27)(H,30,31)(H,22,23,28);3H,2H2,1H3. The zero-order chi connectivity index (χ0) is 26.1. The number of nitrogens with zero attached hydrogens (tertiary/aromatic N) is 2. The zero-order valence-electron chi connectivity index (χ0n) is 19.6. The van der Waals surface area contributed by atoms with Crippen molar-refractivity contribution in [1.29, 1.82) is 0 Å². The van der Waals surface area contributed by atoms with Crippen LogP contribution in [0.15, 0.2) is 35.1 Å². The lowest BCUT2D eigenvalue weighted by atomic mass is 10.1. The Bertz CT molecular complexity index is 1250. The molecule has 5 N–H and O–H groups in total. The second kappa shape index (κ2) is 12.6. The summed E-state index contributed by atoms with van der Waals surface area (Å²) >= 11 is 1.18. The van der Waals surface area contributed by atoms with Crippen LogP contribution >= 0.6 is 11.3 Å². The molecule has 1 aromatic carbocycles. The molecule has 0 aliphatic rings. The Morgan fingerprint density at radius 1 is 1.20 bits per heavy atom. The smallest absolute Gasteiger partial charge is 0.326 e. The maximum Gasteiger partial charge on any atom is 0.326 e. The van der Waals surface area contributed by atoms with Gasteiger partial charge in [0, 0.05) is 26.6 Å². The number of nitrogens with one attached hydrogen (secondary N) is 2. The lowest BCUT2D eigenvalue weighted by molar-refractivity contribution is -0.140. The van der Waals surface area contributed by atoms with Gasteiger partial charge in [0.1, 0.15) is 11.9 Å². The Kier molecular flexibility index (Phi) is 9.91. The number of benzene rings is 1. The number of aliphatic hydroxyl groups excluding tert-OH is 1. The number of aliphatic hydroxyl groups is 1. The minimum absolute atomic E-state index is 0.204. The van der Waals surface area contributed by atoms with Crippen LogP contribution in [-0.4, -0.2) is 62.8 Å². The molecule has 0 aliphatic carbocycles. The predicted octanol–water partition coefficient (Wildman–Crippen LogP) is 1.98. The monoisotopic (exact) mass is 504 g/mol. The van der Waals surface area contributed by atoms with Gasteiger partial charge in [-0.25, -0.2) is 9.78 Å². The first-order chi connectivity index (χ1) is 16.5. The third kappa shape index (κ3) is 7.90. The number of aryl methyl sites for hydroxylation is 1. The van der Waals surface area contributed by atoms with Crippen molar-refractivity contribution in [1.82, 2.24) is 15.3 Å². The Labute approximate surface area is 205 Å². The van der Waals surface area contributed by atoms with Gasteiger partial charge in [0.15, 0.2) is 0 Å². The molecule has 1 amide bonds. The Hall–Kier alpha value is -3.77. The van der Waals surface area contributed by atoms with Gasteiger partial charge in [0.2, 0.25) is 0 Å². The number of rotatable bonds is 9. The van der Waals surface area contributed by atoms with E-state index in [0.717, 1.165) is 10.6 Å². The number of fused-ring (bicyclic) bond motifs is 1. The summed E-state index contributed by atoms with van der Waals surface area (Å²) in [6.07, 6.45) is -0.566. The van der Waals surface area contributed by atoms with Crippen molar-refractivity contribution in [3.8, 4) is 0 Å². The number of anilines is 1. The van der Waals surface area contributed by atoms with E-state index in [1.807, 2.05) is 18.0 Å². The molecular formula is C23H28N4O7S. The molecule has 0 saturated carbocycles. The quantitative estimate of drug-likeness (QED) is 0.292. The van der Waals surface area contributed by atoms with Gasteiger partial charge in [-0.05, 0) is 50.1 Å². The Morgan fingerprint density at radius 3 is 2.51 bits per heavy atom. The van der Waals surface area contributed by atoms with E-state index in [0.29, 0.717) is 28.1 Å². The predicted molar refractivity (Wildman–Crippen MR) is 132 cm³/mol. The van der Waals surface area contributed by atoms with E-state index in [-0.39, 0.29) is 25.0 Å². The number of hydrogen-bond acceptors (Lipinski definition) is 8. The Morgan fingerprint density at radius 2 is 1.89 bits per heavy atom. The maximum absolute atomic E-state index is 12.4. The number of aliphatic carboxylic acids is 2. The van der Waals surface area contributed by atoms with Gasteiger partial charge >= 0.3 is 11.9 Å². The van der Waals surface area contributed by atoms with Gasteiger partial charge in [-0.15, -0.1) is 11.3 Å². The number of H-pyrrole nitrogens is 1. The van der Waals surface area contributed by atoms with Gasteiger partial charge in [-0.3, -0.25) is 14.4 Å². The van der Waals surface area contributed by atoms with Gasteiger partial charge in [-0.1, -0.05) is 6.07 Å². The second-order valence-electron chi connectivity index (χ2n) is 7.61. The number of carbonyl (C=O) groups excluding carboxylic acids is 1. The molecular weight excluding hydrogens is 476 g/mol. The van der Waals surface area contributed by atoms with Crippen molar-refractivity contribution in [3.05, 3.63) is 57.0 Å². The summed E-state index contributed by atoms with van der Waals surface area (Å²) in [5.41, 5.74) is 1.29. The molecule has 0 spiro atoms. The van der Waals surface area contributed by atoms with Gasteiger partial charge in [-0.2, -0.15) is 0 Å². The van der Waals surface area contributed by atoms with E-state index in [1.54, 1.807) is 38.1 Å². The first kappa shape index (κ1) is 27.5. The fourth-order valence-electron chi connectivity index (χ4n) is 3.16. The van der Waals surface area contributed by atoms with Crippen LogP contribution in [0.2, 0.25) is 0 Å². The number of carboxylic acids is 2. The largest absolute Gasteiger partial charge is 0.481 e. The van der Waals surface area contributed by atoms with E-state index in [9.17, 15) is 24.3 Å². The number of aromatic nitrogens is 2. The average Bonchev–Trinajstić information content (AvgIpc) is 3.28. The SMILES string of the molecule is CCO.Cc1nc2ccc(CN(C)c3ccc(C(=O)NC(CCC(=O)O)C(=O)O)s3)cc2c(=O)[nH]1. The van der Waals surface area contributed by atoms with E-state index in [1.165, 1.54) is 11.3 Å². The highest BCUT2D eigenvalue weighted by Crippen LogP contribution is 2.27. The molecule has 12 heteroatoms. The molecule has 3 rings (SSSR count). The third-order valence-electron chi connectivity index (χ3n) is 4.75. The molecule has 0 radical (unpaired) electrons. The van der Waals surface area contributed by atoms with Crippen LogP contribution in [0.4, 0.5) is 5.00 Å². The minimum Gasteiger partial charge on any atom is -0.481 e. The molecule has 0 aliphatic heterocycles. The van der Waals surface area contributed by atoms with Crippen molar-refractivity contribution in [3.63, 3.8) is 0 Å². The topological polar surface area (TPSA) is 173 Å². The molecule has 1 atom stereocenters. The number of amides is 1. The zero-order valence-corrected chi connectivity index (χ0v) is 20.4. The number of carbonyl (C=O) groups is 3. The molecule has 0 saturated heterocycles. The van der Waals surface area contributed by atoms with Crippen molar-refractivity contribution >= 4 is 45.1 Å². The fourth-order valence-corrected chi connectivity index (χ4v) is 4.03. The molecule has 0 fully saturated rings. The summed E-state index contributed by atoms with van der Waals surface area (Å²) in [6, 6.07) is 7.49. The van der Waals surface area contributed by atoms with Gasteiger partial charge in [0.25, 0.3) is 11.5 Å². The highest BCUT2D eigenvalue weighted by Gasteiger charge is 2.22. The minimum atomic E-state index is -1.29. The maximum atomic E-state index is 12.4. The highest BCUT2D eigenvalue weighted by molar-refractivity contribution is 7.18. The van der Waals surface area contributed by atoms with Crippen molar-refractivity contribution in [2.24, 2.45) is 0 Å². The second-order valence-corrected chi connectivity index (χ2v) is 8.67. The van der Waals surface area contributed by atoms with Crippen LogP contribution in [0.3, 0.4) is 0 Å². The van der Waals surface area contributed by atoms with Crippen molar-refractivity contribution < 1.29 is 29.7 Å². The van der Waals surface area contributed by atoms with Crippen molar-refractivity contribution in [2.45, 2.75) is 39.3 Å². The number of thiophene rings is 1. The number of hydrogen-bond donors (Lipinski definition) is 5. The highest BCUT2D eigenvalue weighted by atomic mass is 32.1. The van der Waals surface area contributed by atoms with Crippen LogP contribution < -0.4 is 15.8 Å². The molecule has 1 unspecified atom stereocenters. The van der Waals surface area contributed by atoms with Crippen LogP contribution in [0.5, 0.6) is 0 Å². The third-order valence-corrected chi connectivity index (χ3v) is 5.95. The molecule has 2 heterocycles. The van der Waals surface area contributed by atoms with E-state index < -0.39 is 23.9 Å². The number of carboxylic acid groups (broad SMARTS) is 2. The molecule has 0 bridgehead atoms. The van der Waals surface area contributed by atoms with Gasteiger partial charge in [0.05, 0.1) is 20.8 Å². The number of aromatic amines is 1. The summed E-state index contributed by atoms with van der Waals surface area (Å²) in [4.78, 5) is 55.8. The van der Waals surface area contributed by atoms with E-state index in [4.69, 9.17) is 10.2 Å². The fraction of sp³-hybridized carbons (Fsp3) is 0.348. The summed E-state index contributed by atoms with van der Waals surface area (Å²) in [7, 11) is 1.84. The lowest BCUT2D eigenvalue weighted by Crippen LogP contribution is -2.40. The van der Waals surface area contributed by atoms with Crippen molar-refractivity contribution in [2.75, 3.05) is 18.6 Å². The molecule has 11 nitrogen and oxygen atoms in total. The van der Waals surface area contributed by atoms with Gasteiger partial charge < -0.3 is 30.5 Å². The molecule has 3 aromatic rings. The first-order valence-corrected chi connectivity index (χ1v) is 11.5. The van der Waals surface area contributed by atoms with Crippen LogP contribution in [0.25, 0.3) is 10.9 Å². The first-order valence-electron chi connectivity index (χ1n) is 10.7. The summed E-state index contributed by atoms with van der Waals surface area (Å²) in [6.45, 7) is 4.12. The molecule has 35 heavy (non-hydrogen) atoms.